The van der Waals surface area contributed by atoms with Crippen molar-refractivity contribution < 1.29 is 9.53 Å². The number of benzene rings is 1. The molecule has 3 aromatic rings. The second-order valence-corrected chi connectivity index (χ2v) is 6.36. The van der Waals surface area contributed by atoms with Crippen molar-refractivity contribution in [2.75, 3.05) is 18.4 Å². The van der Waals surface area contributed by atoms with Crippen LogP contribution in [0, 0.1) is 6.92 Å². The van der Waals surface area contributed by atoms with Crippen LogP contribution in [0.2, 0.25) is 0 Å². The van der Waals surface area contributed by atoms with Gasteiger partial charge in [-0.3, -0.25) is 9.78 Å². The molecule has 0 saturated carbocycles. The average Bonchev–Trinajstić information content (AvgIpc) is 3.33. The first kappa shape index (κ1) is 17.2. The number of carbonyl (C=O) groups excluding carboxylic acids is 1. The number of amides is 1. The predicted molar refractivity (Wildman–Crippen MR) is 100.0 cm³/mol. The maximum atomic E-state index is 12.7. The third kappa shape index (κ3) is 3.65. The fraction of sp³-hybridized carbons (Fsp3) is 0.263. The van der Waals surface area contributed by atoms with E-state index in [1.165, 1.54) is 0 Å². The highest BCUT2D eigenvalue weighted by atomic mass is 16.5. The van der Waals surface area contributed by atoms with Gasteiger partial charge in [0, 0.05) is 18.8 Å². The lowest BCUT2D eigenvalue weighted by Crippen LogP contribution is -2.17. The molecule has 2 aromatic heterocycles. The summed E-state index contributed by atoms with van der Waals surface area (Å²) < 4.78 is 7.68. The average molecular weight is 364 g/mol. The number of para-hydroxylation sites is 1. The number of nitrogens with zero attached hydrogens (tertiary/aromatic N) is 4. The third-order valence-electron chi connectivity index (χ3n) is 4.52. The van der Waals surface area contributed by atoms with Crippen LogP contribution in [0.4, 0.5) is 5.69 Å². The molecule has 1 atom stereocenters. The molecule has 1 amide bonds. The van der Waals surface area contributed by atoms with Gasteiger partial charge in [0.25, 0.3) is 5.91 Å². The molecule has 1 aliphatic rings. The summed E-state index contributed by atoms with van der Waals surface area (Å²) in [6.45, 7) is 3.64. The molecule has 2 N–H and O–H groups in total. The molecule has 8 heteroatoms. The van der Waals surface area contributed by atoms with E-state index in [-0.39, 0.29) is 11.9 Å². The van der Waals surface area contributed by atoms with Gasteiger partial charge in [-0.1, -0.05) is 23.4 Å². The van der Waals surface area contributed by atoms with Crippen LogP contribution in [-0.2, 0) is 0 Å². The summed E-state index contributed by atoms with van der Waals surface area (Å²) >= 11 is 0. The van der Waals surface area contributed by atoms with E-state index >= 15 is 0 Å². The quantitative estimate of drug-likeness (QED) is 0.723. The monoisotopic (exact) mass is 364 g/mol. The molecule has 0 bridgehead atoms. The highest BCUT2D eigenvalue weighted by Gasteiger charge is 2.24. The van der Waals surface area contributed by atoms with E-state index in [9.17, 15) is 4.79 Å². The Hall–Kier alpha value is -3.26. The Balaban J connectivity index is 1.53. The molecule has 8 nitrogen and oxygen atoms in total. The minimum Gasteiger partial charge on any atom is -0.455 e. The molecule has 0 radical (unpaired) electrons. The van der Waals surface area contributed by atoms with Gasteiger partial charge in [0.15, 0.2) is 11.4 Å². The van der Waals surface area contributed by atoms with Gasteiger partial charge in [-0.25, -0.2) is 4.68 Å². The lowest BCUT2D eigenvalue weighted by molar-refractivity contribution is 0.102. The number of aromatic nitrogens is 4. The van der Waals surface area contributed by atoms with E-state index < -0.39 is 0 Å². The Bertz CT molecular complexity index is 934. The highest BCUT2D eigenvalue weighted by Crippen LogP contribution is 2.29. The van der Waals surface area contributed by atoms with Gasteiger partial charge in [0.1, 0.15) is 11.4 Å². The standard InChI is InChI=1S/C19H20N6O2/c1-13-18(23-24-25(13)14-7-9-20-11-14)19(26)22-16-12-21-10-8-17(16)27-15-5-3-2-4-6-15/h2-6,8,10,12,14,20H,7,9,11H2,1H3,(H,22,26). The molecule has 0 spiro atoms. The SMILES string of the molecule is Cc1c(C(=O)Nc2cnccc2Oc2ccccc2)nnn1C1CCNC1. The normalized spacial score (nSPS) is 16.3. The Kier molecular flexibility index (Phi) is 4.80. The number of anilines is 1. The van der Waals surface area contributed by atoms with Crippen molar-refractivity contribution >= 4 is 11.6 Å². The first-order valence-electron chi connectivity index (χ1n) is 8.83. The van der Waals surface area contributed by atoms with Crippen molar-refractivity contribution in [2.24, 2.45) is 0 Å². The van der Waals surface area contributed by atoms with Crippen LogP contribution in [0.3, 0.4) is 0 Å². The number of pyridine rings is 1. The maximum absolute atomic E-state index is 12.7. The molecular weight excluding hydrogens is 344 g/mol. The van der Waals surface area contributed by atoms with Crippen LogP contribution in [-0.4, -0.2) is 39.0 Å². The van der Waals surface area contributed by atoms with E-state index in [1.54, 1.807) is 18.5 Å². The van der Waals surface area contributed by atoms with Gasteiger partial charge in [-0.15, -0.1) is 5.10 Å². The topological polar surface area (TPSA) is 94.0 Å². The molecule has 27 heavy (non-hydrogen) atoms. The van der Waals surface area contributed by atoms with Crippen molar-refractivity contribution in [3.63, 3.8) is 0 Å². The van der Waals surface area contributed by atoms with Crippen molar-refractivity contribution in [1.82, 2.24) is 25.3 Å². The summed E-state index contributed by atoms with van der Waals surface area (Å²) in [6, 6.07) is 11.3. The Labute approximate surface area is 156 Å². The largest absolute Gasteiger partial charge is 0.455 e. The molecule has 1 aliphatic heterocycles. The summed E-state index contributed by atoms with van der Waals surface area (Å²) in [5.74, 6) is 0.847. The van der Waals surface area contributed by atoms with Crippen molar-refractivity contribution in [2.45, 2.75) is 19.4 Å². The number of nitrogens with one attached hydrogen (secondary N) is 2. The van der Waals surface area contributed by atoms with Crippen LogP contribution >= 0.6 is 0 Å². The number of hydrogen-bond donors (Lipinski definition) is 2. The van der Waals surface area contributed by atoms with Gasteiger partial charge in [0.05, 0.1) is 17.9 Å². The van der Waals surface area contributed by atoms with Crippen LogP contribution in [0.15, 0.2) is 48.8 Å². The first-order chi connectivity index (χ1) is 13.2. The van der Waals surface area contributed by atoms with Gasteiger partial charge in [0.2, 0.25) is 0 Å². The van der Waals surface area contributed by atoms with Gasteiger partial charge in [-0.2, -0.15) is 0 Å². The van der Waals surface area contributed by atoms with Gasteiger partial charge < -0.3 is 15.4 Å². The highest BCUT2D eigenvalue weighted by molar-refractivity contribution is 6.04. The first-order valence-corrected chi connectivity index (χ1v) is 8.83. The Morgan fingerprint density at radius 3 is 2.93 bits per heavy atom. The van der Waals surface area contributed by atoms with E-state index in [4.69, 9.17) is 4.74 Å². The fourth-order valence-electron chi connectivity index (χ4n) is 3.11. The zero-order chi connectivity index (χ0) is 18.6. The molecule has 0 aliphatic carbocycles. The third-order valence-corrected chi connectivity index (χ3v) is 4.52. The van der Waals surface area contributed by atoms with Crippen LogP contribution in [0.5, 0.6) is 11.5 Å². The molecule has 4 rings (SSSR count). The van der Waals surface area contributed by atoms with E-state index in [2.05, 4.69) is 25.9 Å². The van der Waals surface area contributed by atoms with Gasteiger partial charge >= 0.3 is 0 Å². The lowest BCUT2D eigenvalue weighted by atomic mass is 10.2. The summed E-state index contributed by atoms with van der Waals surface area (Å²) in [5.41, 5.74) is 1.52. The van der Waals surface area contributed by atoms with Crippen LogP contribution in [0.25, 0.3) is 0 Å². The molecule has 1 fully saturated rings. The number of ether oxygens (including phenoxy) is 1. The zero-order valence-electron chi connectivity index (χ0n) is 14.9. The van der Waals surface area contributed by atoms with E-state index in [1.807, 2.05) is 41.9 Å². The van der Waals surface area contributed by atoms with Crippen molar-refractivity contribution in [3.8, 4) is 11.5 Å². The summed E-state index contributed by atoms with van der Waals surface area (Å²) in [7, 11) is 0. The zero-order valence-corrected chi connectivity index (χ0v) is 14.9. The van der Waals surface area contributed by atoms with E-state index in [0.717, 1.165) is 25.2 Å². The van der Waals surface area contributed by atoms with Crippen LogP contribution in [0.1, 0.15) is 28.6 Å². The molecule has 1 saturated heterocycles. The second-order valence-electron chi connectivity index (χ2n) is 6.36. The maximum Gasteiger partial charge on any atom is 0.278 e. The molecular formula is C19H20N6O2. The molecule has 1 aromatic carbocycles. The summed E-state index contributed by atoms with van der Waals surface area (Å²) in [6.07, 6.45) is 4.14. The van der Waals surface area contributed by atoms with Crippen molar-refractivity contribution in [3.05, 3.63) is 60.2 Å². The van der Waals surface area contributed by atoms with Gasteiger partial charge in [-0.05, 0) is 32.0 Å². The van der Waals surface area contributed by atoms with Crippen LogP contribution < -0.4 is 15.4 Å². The molecule has 3 heterocycles. The fourth-order valence-corrected chi connectivity index (χ4v) is 3.11. The minimum absolute atomic E-state index is 0.231. The van der Waals surface area contributed by atoms with Crippen molar-refractivity contribution in [1.29, 1.82) is 0 Å². The summed E-state index contributed by atoms with van der Waals surface area (Å²) in [5, 5.41) is 14.4. The number of hydrogen-bond acceptors (Lipinski definition) is 6. The van der Waals surface area contributed by atoms with E-state index in [0.29, 0.717) is 22.9 Å². The smallest absolute Gasteiger partial charge is 0.278 e. The predicted octanol–water partition coefficient (Wildman–Crippen LogP) is 2.56. The molecule has 1 unspecified atom stereocenters. The number of rotatable bonds is 5. The Morgan fingerprint density at radius 1 is 1.30 bits per heavy atom. The lowest BCUT2D eigenvalue weighted by Gasteiger charge is -2.12. The second kappa shape index (κ2) is 7.55. The Morgan fingerprint density at radius 2 is 2.15 bits per heavy atom. The summed E-state index contributed by atoms with van der Waals surface area (Å²) in [4.78, 5) is 16.8. The molecule has 138 valence electrons. The number of carbonyl (C=O) groups is 1. The minimum atomic E-state index is -0.337.